The zero-order valence-corrected chi connectivity index (χ0v) is 18.0. The predicted octanol–water partition coefficient (Wildman–Crippen LogP) is 3.02. The minimum atomic E-state index is -0.930. The Labute approximate surface area is 179 Å². The van der Waals surface area contributed by atoms with Gasteiger partial charge in [-0.1, -0.05) is 24.3 Å². The first-order valence-electron chi connectivity index (χ1n) is 10.1. The minimum absolute atomic E-state index is 0.0220. The van der Waals surface area contributed by atoms with Crippen LogP contribution in [0, 0.1) is 0 Å². The van der Waals surface area contributed by atoms with Crippen LogP contribution in [0.4, 0.5) is 0 Å². The molecular formula is C24H25NO6. The first kappa shape index (κ1) is 21.1. The number of carbonyl (C=O) groups is 1. The van der Waals surface area contributed by atoms with Crippen LogP contribution < -0.4 is 15.0 Å². The first-order chi connectivity index (χ1) is 14.9. The molecule has 2 aromatic carbocycles. The Bertz CT molecular complexity index is 1230. The van der Waals surface area contributed by atoms with Crippen LogP contribution in [0.5, 0.6) is 11.5 Å². The van der Waals surface area contributed by atoms with Gasteiger partial charge < -0.3 is 23.9 Å². The van der Waals surface area contributed by atoms with Gasteiger partial charge in [0.25, 0.3) is 5.56 Å². The summed E-state index contributed by atoms with van der Waals surface area (Å²) in [6.45, 7) is 3.80. The fourth-order valence-electron chi connectivity index (χ4n) is 4.12. The molecule has 0 spiro atoms. The second-order valence-corrected chi connectivity index (χ2v) is 7.77. The number of hydrogen-bond donors (Lipinski definition) is 1. The number of hydrogen-bond acceptors (Lipinski definition) is 6. The molecule has 0 saturated heterocycles. The number of aliphatic hydroxyl groups is 1. The number of benzene rings is 2. The van der Waals surface area contributed by atoms with E-state index in [1.807, 2.05) is 26.0 Å². The second kappa shape index (κ2) is 8.17. The number of fused-ring (bicyclic) bond motifs is 5. The molecule has 0 aliphatic heterocycles. The zero-order valence-electron chi connectivity index (χ0n) is 18.0. The summed E-state index contributed by atoms with van der Waals surface area (Å²) in [6, 6.07) is 10.6. The molecule has 0 saturated carbocycles. The van der Waals surface area contributed by atoms with Gasteiger partial charge in [-0.15, -0.1) is 0 Å². The van der Waals surface area contributed by atoms with Gasteiger partial charge >= 0.3 is 0 Å². The largest absolute Gasteiger partial charge is 0.493 e. The number of carbonyl (C=O) groups excluding carboxylic acids is 1. The molecule has 1 atom stereocenters. The van der Waals surface area contributed by atoms with Crippen LogP contribution >= 0.6 is 0 Å². The topological polar surface area (TPSA) is 87.0 Å². The van der Waals surface area contributed by atoms with Gasteiger partial charge in [-0.2, -0.15) is 0 Å². The highest BCUT2D eigenvalue weighted by molar-refractivity contribution is 6.27. The van der Waals surface area contributed by atoms with Crippen molar-refractivity contribution in [1.29, 1.82) is 0 Å². The standard InChI is InChI=1S/C24H25NO6/c1-13(2)31-12-14(26)11-25-21-15-7-5-6-8-16(15)22(27)19(21)17-9-10-18(29-3)23(30-4)20(17)24(25)28/h5-10,13-14,26H,11-12H2,1-4H3/t14-/m0/s1. The summed E-state index contributed by atoms with van der Waals surface area (Å²) in [5.41, 5.74) is 1.77. The molecule has 31 heavy (non-hydrogen) atoms. The molecular weight excluding hydrogens is 398 g/mol. The Morgan fingerprint density at radius 1 is 1.00 bits per heavy atom. The summed E-state index contributed by atoms with van der Waals surface area (Å²) >= 11 is 0. The fourth-order valence-corrected chi connectivity index (χ4v) is 4.12. The SMILES string of the molecule is COc1ccc2c3c(n(C[C@H](O)COC(C)C)c(=O)c2c1OC)-c1ccccc1C3=O. The van der Waals surface area contributed by atoms with Crippen LogP contribution in [0.1, 0.15) is 29.8 Å². The zero-order chi connectivity index (χ0) is 22.3. The van der Waals surface area contributed by atoms with Crippen molar-refractivity contribution in [2.24, 2.45) is 0 Å². The van der Waals surface area contributed by atoms with Crippen LogP contribution in [0.25, 0.3) is 22.0 Å². The van der Waals surface area contributed by atoms with Crippen molar-refractivity contribution < 1.29 is 24.1 Å². The maximum Gasteiger partial charge on any atom is 0.262 e. The van der Waals surface area contributed by atoms with E-state index >= 15 is 0 Å². The minimum Gasteiger partial charge on any atom is -0.493 e. The Morgan fingerprint density at radius 2 is 1.71 bits per heavy atom. The lowest BCUT2D eigenvalue weighted by Crippen LogP contribution is -2.32. The summed E-state index contributed by atoms with van der Waals surface area (Å²) < 4.78 is 17.8. The molecule has 0 bridgehead atoms. The van der Waals surface area contributed by atoms with E-state index in [-0.39, 0.29) is 41.7 Å². The average molecular weight is 423 g/mol. The van der Waals surface area contributed by atoms with E-state index in [0.29, 0.717) is 33.5 Å². The van der Waals surface area contributed by atoms with E-state index in [1.54, 1.807) is 24.3 Å². The molecule has 1 aliphatic rings. The van der Waals surface area contributed by atoms with Crippen molar-refractivity contribution in [1.82, 2.24) is 4.57 Å². The van der Waals surface area contributed by atoms with Crippen molar-refractivity contribution in [3.63, 3.8) is 0 Å². The monoisotopic (exact) mass is 423 g/mol. The number of ether oxygens (including phenoxy) is 3. The lowest BCUT2D eigenvalue weighted by Gasteiger charge is -2.20. The molecule has 0 unspecified atom stereocenters. The molecule has 4 rings (SSSR count). The van der Waals surface area contributed by atoms with E-state index in [1.165, 1.54) is 18.8 Å². The normalized spacial score (nSPS) is 13.4. The van der Waals surface area contributed by atoms with Crippen LogP contribution in [-0.2, 0) is 11.3 Å². The highest BCUT2D eigenvalue weighted by atomic mass is 16.5. The molecule has 1 heterocycles. The van der Waals surface area contributed by atoms with Gasteiger partial charge in [0.1, 0.15) is 0 Å². The Morgan fingerprint density at radius 3 is 2.35 bits per heavy atom. The maximum absolute atomic E-state index is 13.7. The predicted molar refractivity (Wildman–Crippen MR) is 117 cm³/mol. The van der Waals surface area contributed by atoms with E-state index in [0.717, 1.165) is 0 Å². The number of methoxy groups -OCH3 is 2. The van der Waals surface area contributed by atoms with E-state index < -0.39 is 6.10 Å². The number of aliphatic hydroxyl groups excluding tert-OH is 1. The van der Waals surface area contributed by atoms with Crippen LogP contribution in [0.15, 0.2) is 41.2 Å². The molecule has 3 aromatic rings. The third kappa shape index (κ3) is 3.40. The summed E-state index contributed by atoms with van der Waals surface area (Å²) in [6.07, 6.45) is -0.985. The number of aromatic nitrogens is 1. The molecule has 1 N–H and O–H groups in total. The maximum atomic E-state index is 13.7. The van der Waals surface area contributed by atoms with Crippen molar-refractivity contribution in [3.8, 4) is 22.8 Å². The third-order valence-corrected chi connectivity index (χ3v) is 5.45. The fraction of sp³-hybridized carbons (Fsp3) is 0.333. The van der Waals surface area contributed by atoms with Crippen molar-refractivity contribution in [3.05, 3.63) is 57.9 Å². The Balaban J connectivity index is 2.03. The van der Waals surface area contributed by atoms with Crippen molar-refractivity contribution in [2.75, 3.05) is 20.8 Å². The van der Waals surface area contributed by atoms with Gasteiger partial charge in [-0.3, -0.25) is 9.59 Å². The van der Waals surface area contributed by atoms with Gasteiger partial charge in [0, 0.05) is 16.5 Å². The Kier molecular flexibility index (Phi) is 5.56. The summed E-state index contributed by atoms with van der Waals surface area (Å²) in [5.74, 6) is 0.493. The van der Waals surface area contributed by atoms with Crippen molar-refractivity contribution >= 4 is 16.6 Å². The molecule has 0 amide bonds. The van der Waals surface area contributed by atoms with Gasteiger partial charge in [0.15, 0.2) is 17.3 Å². The summed E-state index contributed by atoms with van der Waals surface area (Å²) in [5, 5.41) is 11.3. The lowest BCUT2D eigenvalue weighted by molar-refractivity contribution is -0.000836. The highest BCUT2D eigenvalue weighted by Crippen LogP contribution is 2.43. The van der Waals surface area contributed by atoms with Gasteiger partial charge in [-0.25, -0.2) is 0 Å². The summed E-state index contributed by atoms with van der Waals surface area (Å²) in [4.78, 5) is 27.0. The average Bonchev–Trinajstić information content (AvgIpc) is 3.06. The van der Waals surface area contributed by atoms with Crippen LogP contribution in [0.2, 0.25) is 0 Å². The third-order valence-electron chi connectivity index (χ3n) is 5.45. The quantitative estimate of drug-likeness (QED) is 0.492. The summed E-state index contributed by atoms with van der Waals surface area (Å²) in [7, 11) is 2.94. The van der Waals surface area contributed by atoms with Crippen LogP contribution in [-0.4, -0.2) is 48.5 Å². The second-order valence-electron chi connectivity index (χ2n) is 7.77. The molecule has 0 radical (unpaired) electrons. The molecule has 7 heteroatoms. The number of ketones is 1. The van der Waals surface area contributed by atoms with E-state index in [2.05, 4.69) is 0 Å². The van der Waals surface area contributed by atoms with E-state index in [9.17, 15) is 14.7 Å². The molecule has 1 aromatic heterocycles. The highest BCUT2D eigenvalue weighted by Gasteiger charge is 2.34. The van der Waals surface area contributed by atoms with Crippen molar-refractivity contribution in [2.45, 2.75) is 32.6 Å². The van der Waals surface area contributed by atoms with E-state index in [4.69, 9.17) is 14.2 Å². The first-order valence-corrected chi connectivity index (χ1v) is 10.1. The number of rotatable bonds is 7. The molecule has 1 aliphatic carbocycles. The van der Waals surface area contributed by atoms with Gasteiger partial charge in [0.2, 0.25) is 0 Å². The number of pyridine rings is 1. The number of nitrogens with zero attached hydrogens (tertiary/aromatic N) is 1. The van der Waals surface area contributed by atoms with Crippen LogP contribution in [0.3, 0.4) is 0 Å². The Hall–Kier alpha value is -3.16. The molecule has 162 valence electrons. The smallest absolute Gasteiger partial charge is 0.262 e. The molecule has 0 fully saturated rings. The van der Waals surface area contributed by atoms with Gasteiger partial charge in [-0.05, 0) is 26.0 Å². The lowest BCUT2D eigenvalue weighted by atomic mass is 10.0. The van der Waals surface area contributed by atoms with Gasteiger partial charge in [0.05, 0.1) is 56.2 Å². The molecule has 7 nitrogen and oxygen atoms in total.